The van der Waals surface area contributed by atoms with Gasteiger partial charge < -0.3 is 15.3 Å². The summed E-state index contributed by atoms with van der Waals surface area (Å²) in [6.45, 7) is 9.75. The number of nitrogens with zero attached hydrogens (tertiary/aromatic N) is 3. The molecular weight excluding hydrogens is 264 g/mol. The van der Waals surface area contributed by atoms with Crippen LogP contribution in [-0.2, 0) is 0 Å². The van der Waals surface area contributed by atoms with Gasteiger partial charge in [-0.25, -0.2) is 9.97 Å². The van der Waals surface area contributed by atoms with Crippen LogP contribution in [0.1, 0.15) is 40.0 Å². The van der Waals surface area contributed by atoms with Crippen molar-refractivity contribution in [1.29, 1.82) is 0 Å². The SMILES string of the molecule is CC1CCCN(c2cc(NCC(C)(C)CCO)ncn2)C1. The topological polar surface area (TPSA) is 61.3 Å². The van der Waals surface area contributed by atoms with E-state index in [1.54, 1.807) is 6.33 Å². The molecular formula is C16H28N4O. The maximum Gasteiger partial charge on any atom is 0.134 e. The highest BCUT2D eigenvalue weighted by atomic mass is 16.3. The van der Waals surface area contributed by atoms with Crippen molar-refractivity contribution in [2.75, 3.05) is 36.5 Å². The van der Waals surface area contributed by atoms with Crippen LogP contribution in [0.25, 0.3) is 0 Å². The van der Waals surface area contributed by atoms with Gasteiger partial charge in [0.25, 0.3) is 0 Å². The van der Waals surface area contributed by atoms with Crippen LogP contribution >= 0.6 is 0 Å². The quantitative estimate of drug-likeness (QED) is 0.843. The molecule has 5 heteroatoms. The molecule has 1 saturated heterocycles. The molecule has 0 bridgehead atoms. The standard InChI is InChI=1S/C16H28N4O/c1-13-5-4-7-20(10-13)15-9-14(18-12-19-15)17-11-16(2,3)6-8-21/h9,12-13,21H,4-8,10-11H2,1-3H3,(H,17,18,19). The summed E-state index contributed by atoms with van der Waals surface area (Å²) in [6.07, 6.45) is 4.96. The molecule has 0 spiro atoms. The zero-order valence-corrected chi connectivity index (χ0v) is 13.5. The molecule has 1 aliphatic rings. The van der Waals surface area contributed by atoms with Crippen LogP contribution in [0.5, 0.6) is 0 Å². The Morgan fingerprint density at radius 1 is 1.43 bits per heavy atom. The van der Waals surface area contributed by atoms with Gasteiger partial charge in [-0.3, -0.25) is 0 Å². The third-order valence-corrected chi connectivity index (χ3v) is 4.17. The molecule has 0 aliphatic carbocycles. The smallest absolute Gasteiger partial charge is 0.134 e. The van der Waals surface area contributed by atoms with E-state index in [1.165, 1.54) is 12.8 Å². The first kappa shape index (κ1) is 16.0. The summed E-state index contributed by atoms with van der Waals surface area (Å²) in [5.74, 6) is 2.61. The first-order valence-electron chi connectivity index (χ1n) is 7.92. The Kier molecular flexibility index (Phi) is 5.39. The van der Waals surface area contributed by atoms with E-state index in [2.05, 4.69) is 41.0 Å². The third kappa shape index (κ3) is 4.84. The van der Waals surface area contributed by atoms with Crippen molar-refractivity contribution in [2.24, 2.45) is 11.3 Å². The van der Waals surface area contributed by atoms with Gasteiger partial charge >= 0.3 is 0 Å². The Morgan fingerprint density at radius 2 is 2.24 bits per heavy atom. The molecule has 0 radical (unpaired) electrons. The average molecular weight is 292 g/mol. The number of hydrogen-bond donors (Lipinski definition) is 2. The molecule has 0 amide bonds. The van der Waals surface area contributed by atoms with E-state index in [0.29, 0.717) is 0 Å². The molecule has 2 heterocycles. The van der Waals surface area contributed by atoms with E-state index in [4.69, 9.17) is 5.11 Å². The van der Waals surface area contributed by atoms with Gasteiger partial charge in [-0.2, -0.15) is 0 Å². The number of aliphatic hydroxyl groups is 1. The van der Waals surface area contributed by atoms with Gasteiger partial charge in [0.05, 0.1) is 0 Å². The number of anilines is 2. The molecule has 1 aromatic heterocycles. The molecule has 1 aromatic rings. The number of rotatable bonds is 6. The molecule has 5 nitrogen and oxygen atoms in total. The minimum absolute atomic E-state index is 0.0551. The van der Waals surface area contributed by atoms with Crippen LogP contribution in [-0.4, -0.2) is 41.3 Å². The molecule has 1 aliphatic heterocycles. The summed E-state index contributed by atoms with van der Waals surface area (Å²) in [7, 11) is 0. The predicted molar refractivity (Wildman–Crippen MR) is 86.6 cm³/mol. The predicted octanol–water partition coefficient (Wildman–Crippen LogP) is 2.53. The number of aromatic nitrogens is 2. The summed E-state index contributed by atoms with van der Waals surface area (Å²) < 4.78 is 0. The second-order valence-corrected chi connectivity index (χ2v) is 6.95. The Balaban J connectivity index is 1.97. The molecule has 21 heavy (non-hydrogen) atoms. The van der Waals surface area contributed by atoms with Crippen molar-refractivity contribution in [1.82, 2.24) is 9.97 Å². The van der Waals surface area contributed by atoms with Gasteiger partial charge in [-0.15, -0.1) is 0 Å². The van der Waals surface area contributed by atoms with Crippen LogP contribution in [0, 0.1) is 11.3 Å². The summed E-state index contributed by atoms with van der Waals surface area (Å²) in [5, 5.41) is 12.4. The van der Waals surface area contributed by atoms with E-state index in [1.807, 2.05) is 6.07 Å². The molecule has 1 unspecified atom stereocenters. The lowest BCUT2D eigenvalue weighted by Crippen LogP contribution is -2.34. The zero-order chi connectivity index (χ0) is 15.3. The second-order valence-electron chi connectivity index (χ2n) is 6.95. The fourth-order valence-corrected chi connectivity index (χ4v) is 2.74. The highest BCUT2D eigenvalue weighted by Crippen LogP contribution is 2.24. The fourth-order valence-electron chi connectivity index (χ4n) is 2.74. The van der Waals surface area contributed by atoms with Gasteiger partial charge in [-0.05, 0) is 30.6 Å². The van der Waals surface area contributed by atoms with E-state index in [9.17, 15) is 0 Å². The molecule has 0 aromatic carbocycles. The van der Waals surface area contributed by atoms with Gasteiger partial charge in [-0.1, -0.05) is 20.8 Å². The van der Waals surface area contributed by atoms with Crippen LogP contribution in [0.15, 0.2) is 12.4 Å². The monoisotopic (exact) mass is 292 g/mol. The Morgan fingerprint density at radius 3 is 2.95 bits per heavy atom. The number of aliphatic hydroxyl groups excluding tert-OH is 1. The number of hydrogen-bond acceptors (Lipinski definition) is 5. The Hall–Kier alpha value is -1.36. The maximum atomic E-state index is 9.08. The fraction of sp³-hybridized carbons (Fsp3) is 0.750. The first-order valence-corrected chi connectivity index (χ1v) is 7.92. The summed E-state index contributed by atoms with van der Waals surface area (Å²) >= 11 is 0. The van der Waals surface area contributed by atoms with Crippen LogP contribution in [0.4, 0.5) is 11.6 Å². The molecule has 2 N–H and O–H groups in total. The van der Waals surface area contributed by atoms with Crippen molar-refractivity contribution in [3.8, 4) is 0 Å². The average Bonchev–Trinajstić information content (AvgIpc) is 2.46. The van der Waals surface area contributed by atoms with Crippen LogP contribution in [0.3, 0.4) is 0 Å². The Labute approximate surface area is 127 Å². The number of nitrogens with one attached hydrogen (secondary N) is 1. The van der Waals surface area contributed by atoms with E-state index >= 15 is 0 Å². The summed E-state index contributed by atoms with van der Waals surface area (Å²) in [6, 6.07) is 2.03. The van der Waals surface area contributed by atoms with Gasteiger partial charge in [0, 0.05) is 32.3 Å². The molecule has 1 fully saturated rings. The maximum absolute atomic E-state index is 9.08. The Bertz CT molecular complexity index is 450. The van der Waals surface area contributed by atoms with Gasteiger partial charge in [0.1, 0.15) is 18.0 Å². The van der Waals surface area contributed by atoms with Crippen molar-refractivity contribution >= 4 is 11.6 Å². The lowest BCUT2D eigenvalue weighted by molar-refractivity contribution is 0.220. The number of piperidine rings is 1. The minimum atomic E-state index is 0.0551. The second kappa shape index (κ2) is 7.07. The van der Waals surface area contributed by atoms with Crippen LogP contribution in [0.2, 0.25) is 0 Å². The normalized spacial score (nSPS) is 19.6. The summed E-state index contributed by atoms with van der Waals surface area (Å²) in [4.78, 5) is 11.1. The lowest BCUT2D eigenvalue weighted by atomic mass is 9.90. The van der Waals surface area contributed by atoms with E-state index in [-0.39, 0.29) is 12.0 Å². The largest absolute Gasteiger partial charge is 0.396 e. The van der Waals surface area contributed by atoms with Gasteiger partial charge in [0.2, 0.25) is 0 Å². The van der Waals surface area contributed by atoms with E-state index < -0.39 is 0 Å². The van der Waals surface area contributed by atoms with Gasteiger partial charge in [0.15, 0.2) is 0 Å². The first-order chi connectivity index (χ1) is 10.00. The molecule has 2 rings (SSSR count). The highest BCUT2D eigenvalue weighted by Gasteiger charge is 2.19. The molecule has 1 atom stereocenters. The van der Waals surface area contributed by atoms with Crippen molar-refractivity contribution in [3.05, 3.63) is 12.4 Å². The van der Waals surface area contributed by atoms with Crippen molar-refractivity contribution < 1.29 is 5.11 Å². The third-order valence-electron chi connectivity index (χ3n) is 4.17. The lowest BCUT2D eigenvalue weighted by Gasteiger charge is -2.32. The summed E-state index contributed by atoms with van der Waals surface area (Å²) in [5.41, 5.74) is 0.0551. The van der Waals surface area contributed by atoms with Crippen LogP contribution < -0.4 is 10.2 Å². The van der Waals surface area contributed by atoms with Crippen molar-refractivity contribution in [3.63, 3.8) is 0 Å². The zero-order valence-electron chi connectivity index (χ0n) is 13.5. The van der Waals surface area contributed by atoms with Crippen molar-refractivity contribution in [2.45, 2.75) is 40.0 Å². The minimum Gasteiger partial charge on any atom is -0.396 e. The highest BCUT2D eigenvalue weighted by molar-refractivity contribution is 5.48. The molecule has 0 saturated carbocycles. The van der Waals surface area contributed by atoms with E-state index in [0.717, 1.165) is 43.6 Å². The molecule has 118 valence electrons.